The first-order chi connectivity index (χ1) is 18.3. The molecule has 2 fully saturated rings. The lowest BCUT2D eigenvalue weighted by Crippen LogP contribution is -2.53. The van der Waals surface area contributed by atoms with Crippen LogP contribution in [0.2, 0.25) is 0 Å². The Bertz CT molecular complexity index is 1020. The lowest BCUT2D eigenvalue weighted by molar-refractivity contribution is -0.145. The molecular formula is C27H37N5O6. The van der Waals surface area contributed by atoms with Crippen molar-refractivity contribution < 1.29 is 28.7 Å². The molecule has 1 aromatic carbocycles. The minimum atomic E-state index is -1.06. The van der Waals surface area contributed by atoms with Crippen molar-refractivity contribution >= 4 is 35.2 Å². The highest BCUT2D eigenvalue weighted by Crippen LogP contribution is 2.23. The summed E-state index contributed by atoms with van der Waals surface area (Å²) < 4.78 is 4.77. The number of carbonyl (C=O) groups is 5. The first kappa shape index (κ1) is 28.8. The zero-order chi connectivity index (χ0) is 27.5. The molecule has 0 saturated carbocycles. The van der Waals surface area contributed by atoms with E-state index >= 15 is 0 Å². The van der Waals surface area contributed by atoms with Gasteiger partial charge in [-0.2, -0.15) is 0 Å². The number of piperazine rings is 1. The number of anilines is 1. The van der Waals surface area contributed by atoms with Gasteiger partial charge in [0, 0.05) is 44.0 Å². The quantitative estimate of drug-likeness (QED) is 0.202. The predicted molar refractivity (Wildman–Crippen MR) is 142 cm³/mol. The molecule has 0 aliphatic carbocycles. The summed E-state index contributed by atoms with van der Waals surface area (Å²) in [4.78, 5) is 66.8. The van der Waals surface area contributed by atoms with E-state index < -0.39 is 42.2 Å². The van der Waals surface area contributed by atoms with Gasteiger partial charge in [0.1, 0.15) is 19.2 Å². The number of rotatable bonds is 12. The van der Waals surface area contributed by atoms with Crippen LogP contribution in [0.15, 0.2) is 36.9 Å². The molecule has 2 unspecified atom stereocenters. The Labute approximate surface area is 222 Å². The largest absolute Gasteiger partial charge is 0.460 e. The molecule has 0 aromatic heterocycles. The number of ether oxygens (including phenoxy) is 1. The van der Waals surface area contributed by atoms with E-state index in [4.69, 9.17) is 4.74 Å². The predicted octanol–water partition coefficient (Wildman–Crippen LogP) is 0.400. The number of carbonyl (C=O) groups excluding carboxylic acids is 5. The van der Waals surface area contributed by atoms with Crippen LogP contribution in [-0.4, -0.2) is 92.3 Å². The topological polar surface area (TPSA) is 137 Å². The lowest BCUT2D eigenvalue weighted by atomic mass is 10.0. The highest BCUT2D eigenvalue weighted by molar-refractivity contribution is 6.38. The van der Waals surface area contributed by atoms with Gasteiger partial charge in [-0.15, -0.1) is 0 Å². The molecule has 11 nitrogen and oxygen atoms in total. The second-order valence-corrected chi connectivity index (χ2v) is 9.31. The zero-order valence-electron chi connectivity index (χ0n) is 21.9. The third kappa shape index (κ3) is 7.64. The molecule has 2 aliphatic heterocycles. The van der Waals surface area contributed by atoms with Crippen molar-refractivity contribution in [2.75, 3.05) is 50.8 Å². The van der Waals surface area contributed by atoms with Crippen LogP contribution in [0.3, 0.4) is 0 Å². The number of benzene rings is 1. The molecular weight excluding hydrogens is 490 g/mol. The molecule has 0 radical (unpaired) electrons. The zero-order valence-corrected chi connectivity index (χ0v) is 21.9. The van der Waals surface area contributed by atoms with Crippen LogP contribution in [0.1, 0.15) is 43.0 Å². The second-order valence-electron chi connectivity index (χ2n) is 9.31. The monoisotopic (exact) mass is 527 g/mol. The van der Waals surface area contributed by atoms with E-state index in [0.717, 1.165) is 31.9 Å². The number of esters is 1. The maximum Gasteiger partial charge on any atom is 0.325 e. The molecule has 11 heteroatoms. The van der Waals surface area contributed by atoms with Crippen molar-refractivity contribution in [3.63, 3.8) is 0 Å². The van der Waals surface area contributed by atoms with Crippen molar-refractivity contribution in [2.24, 2.45) is 0 Å². The van der Waals surface area contributed by atoms with Gasteiger partial charge in [0.25, 0.3) is 11.8 Å². The molecule has 3 rings (SSSR count). The molecule has 2 aliphatic rings. The number of hydrogen-bond donors (Lipinski definition) is 3. The molecule has 2 heterocycles. The molecule has 3 N–H and O–H groups in total. The minimum Gasteiger partial charge on any atom is -0.460 e. The lowest BCUT2D eigenvalue weighted by Gasteiger charge is -2.30. The Morgan fingerprint density at radius 2 is 1.84 bits per heavy atom. The highest BCUT2D eigenvalue weighted by Gasteiger charge is 2.37. The van der Waals surface area contributed by atoms with Crippen molar-refractivity contribution in [3.05, 3.63) is 42.5 Å². The van der Waals surface area contributed by atoms with Crippen LogP contribution in [0.25, 0.3) is 0 Å². The van der Waals surface area contributed by atoms with Crippen LogP contribution < -0.4 is 20.9 Å². The molecule has 3 amide bonds. The number of ketones is 1. The summed E-state index contributed by atoms with van der Waals surface area (Å²) in [5, 5.41) is 8.21. The number of nitrogens with one attached hydrogen (secondary N) is 3. The van der Waals surface area contributed by atoms with Crippen molar-refractivity contribution in [1.82, 2.24) is 20.9 Å². The second kappa shape index (κ2) is 14.3. The van der Waals surface area contributed by atoms with Gasteiger partial charge in [-0.25, -0.2) is 0 Å². The summed E-state index contributed by atoms with van der Waals surface area (Å²) in [6.45, 7) is 8.83. The summed E-state index contributed by atoms with van der Waals surface area (Å²) >= 11 is 0. The number of hydrogen-bond acceptors (Lipinski definition) is 8. The molecule has 38 heavy (non-hydrogen) atoms. The van der Waals surface area contributed by atoms with Crippen molar-refractivity contribution in [2.45, 2.75) is 44.7 Å². The van der Waals surface area contributed by atoms with Gasteiger partial charge in [-0.05, 0) is 43.5 Å². The number of likely N-dealkylation sites (tertiary alicyclic amines) is 1. The third-order valence-corrected chi connectivity index (χ3v) is 6.60. The normalized spacial score (nSPS) is 17.9. The van der Waals surface area contributed by atoms with Crippen LogP contribution in [0, 0.1) is 0 Å². The maximum atomic E-state index is 13.3. The Hall–Kier alpha value is -3.73. The fraction of sp³-hybridized carbons (Fsp3) is 0.519. The van der Waals surface area contributed by atoms with Gasteiger partial charge in [-0.1, -0.05) is 26.0 Å². The summed E-state index contributed by atoms with van der Waals surface area (Å²) in [6, 6.07) is 5.60. The van der Waals surface area contributed by atoms with E-state index in [-0.39, 0.29) is 18.9 Å². The fourth-order valence-corrected chi connectivity index (χ4v) is 4.61. The highest BCUT2D eigenvalue weighted by atomic mass is 16.5. The average molecular weight is 528 g/mol. The minimum absolute atomic E-state index is 0.00587. The van der Waals surface area contributed by atoms with E-state index in [0.29, 0.717) is 31.4 Å². The van der Waals surface area contributed by atoms with Crippen LogP contribution in [0.5, 0.6) is 0 Å². The first-order valence-corrected chi connectivity index (χ1v) is 13.1. The van der Waals surface area contributed by atoms with Crippen molar-refractivity contribution in [1.29, 1.82) is 0 Å². The van der Waals surface area contributed by atoms with E-state index in [2.05, 4.69) is 27.4 Å². The van der Waals surface area contributed by atoms with Gasteiger partial charge in [0.2, 0.25) is 11.7 Å². The number of nitrogens with zero attached hydrogens (tertiary/aromatic N) is 2. The summed E-state index contributed by atoms with van der Waals surface area (Å²) in [7, 11) is 0. The van der Waals surface area contributed by atoms with Crippen molar-refractivity contribution in [3.8, 4) is 0 Å². The van der Waals surface area contributed by atoms with Gasteiger partial charge >= 0.3 is 5.97 Å². The smallest absolute Gasteiger partial charge is 0.325 e. The van der Waals surface area contributed by atoms with E-state index in [1.165, 1.54) is 11.0 Å². The molecule has 2 saturated heterocycles. The van der Waals surface area contributed by atoms with E-state index in [1.807, 2.05) is 19.1 Å². The summed E-state index contributed by atoms with van der Waals surface area (Å²) in [6.07, 6.45) is 3.29. The molecule has 0 spiro atoms. The molecule has 206 valence electrons. The van der Waals surface area contributed by atoms with Gasteiger partial charge in [-0.3, -0.25) is 24.0 Å². The van der Waals surface area contributed by atoms with E-state index in [1.54, 1.807) is 12.1 Å². The molecule has 0 bridgehead atoms. The Morgan fingerprint density at radius 3 is 2.50 bits per heavy atom. The van der Waals surface area contributed by atoms with Gasteiger partial charge in [0.05, 0.1) is 6.04 Å². The average Bonchev–Trinajstić information content (AvgIpc) is 3.44. The van der Waals surface area contributed by atoms with Crippen LogP contribution in [0.4, 0.5) is 5.69 Å². The van der Waals surface area contributed by atoms with Crippen LogP contribution in [-0.2, 0) is 23.9 Å². The van der Waals surface area contributed by atoms with Crippen LogP contribution >= 0.6 is 0 Å². The molecule has 1 aromatic rings. The number of Topliss-reactive ketones (excluding diaryl/α,β-unsaturated/α-hetero) is 1. The summed E-state index contributed by atoms with van der Waals surface area (Å²) in [5.74, 6) is -3.26. The van der Waals surface area contributed by atoms with E-state index in [9.17, 15) is 24.0 Å². The number of amides is 3. The Kier molecular flexibility index (Phi) is 10.8. The third-order valence-electron chi connectivity index (χ3n) is 6.60. The van der Waals surface area contributed by atoms with Gasteiger partial charge < -0.3 is 30.5 Å². The fourth-order valence-electron chi connectivity index (χ4n) is 4.61. The Morgan fingerprint density at radius 1 is 1.13 bits per heavy atom. The standard InChI is InChI=1S/C27H37N5O6/c1-3-6-21(24(34)26(36)29-18-23(33)38-17-4-2)30-25(35)22-7-5-14-32(22)27(37)19-8-10-20(11-9-19)31-15-12-28-13-16-31/h4,8-11,21-22,28H,2-3,5-7,12-18H2,1H3,(H,29,36)(H,30,35). The molecule has 2 atom stereocenters. The SMILES string of the molecule is C=CCOC(=O)CNC(=O)C(=O)C(CCC)NC(=O)C1CCCN1C(=O)c1ccc(N2CCNCC2)cc1. The maximum absolute atomic E-state index is 13.3. The Balaban J connectivity index is 1.60. The first-order valence-electron chi connectivity index (χ1n) is 13.1. The summed E-state index contributed by atoms with van der Waals surface area (Å²) in [5.41, 5.74) is 1.54. The van der Waals surface area contributed by atoms with Gasteiger partial charge in [0.15, 0.2) is 0 Å².